The Kier molecular flexibility index (Phi) is 6.94. The van der Waals surface area contributed by atoms with Crippen molar-refractivity contribution in [2.75, 3.05) is 18.5 Å². The molecule has 0 fully saturated rings. The Balaban J connectivity index is 1.30. The summed E-state index contributed by atoms with van der Waals surface area (Å²) >= 11 is 1.54. The molecule has 0 unspecified atom stereocenters. The summed E-state index contributed by atoms with van der Waals surface area (Å²) in [4.78, 5) is 31.3. The molecule has 0 aliphatic carbocycles. The smallest absolute Gasteiger partial charge is 0.255 e. The first-order chi connectivity index (χ1) is 15.5. The molecule has 0 radical (unpaired) electrons. The minimum atomic E-state index is -0.529. The zero-order valence-electron chi connectivity index (χ0n) is 17.5. The van der Waals surface area contributed by atoms with Crippen molar-refractivity contribution >= 4 is 34.4 Å². The Bertz CT molecular complexity index is 1110. The molecule has 2 aromatic carbocycles. The molecule has 2 amide bonds. The van der Waals surface area contributed by atoms with Crippen LogP contribution in [0.25, 0.3) is 6.08 Å². The van der Waals surface area contributed by atoms with Gasteiger partial charge in [-0.05, 0) is 29.3 Å². The monoisotopic (exact) mass is 448 g/mol. The van der Waals surface area contributed by atoms with E-state index < -0.39 is 5.91 Å². The number of primary amides is 1. The number of amides is 2. The summed E-state index contributed by atoms with van der Waals surface area (Å²) in [7, 11) is 0. The van der Waals surface area contributed by atoms with Gasteiger partial charge >= 0.3 is 0 Å². The van der Waals surface area contributed by atoms with E-state index in [1.807, 2.05) is 6.07 Å². The van der Waals surface area contributed by atoms with E-state index in [0.717, 1.165) is 37.3 Å². The summed E-state index contributed by atoms with van der Waals surface area (Å²) in [5.41, 5.74) is 8.27. The van der Waals surface area contributed by atoms with E-state index in [4.69, 9.17) is 10.5 Å². The van der Waals surface area contributed by atoms with Crippen LogP contribution in [0.4, 0.5) is 5.13 Å². The number of nitrogens with two attached hydrogens (primary N) is 1. The molecule has 8 heteroatoms. The Hall–Kier alpha value is -3.49. The molecule has 1 aliphatic heterocycles. The first kappa shape index (κ1) is 21.7. The van der Waals surface area contributed by atoms with Gasteiger partial charge in [-0.2, -0.15) is 0 Å². The van der Waals surface area contributed by atoms with Crippen molar-refractivity contribution in [3.63, 3.8) is 0 Å². The zero-order valence-corrected chi connectivity index (χ0v) is 18.3. The number of carbonyl (C=O) groups is 2. The van der Waals surface area contributed by atoms with Crippen molar-refractivity contribution in [2.45, 2.75) is 19.5 Å². The standard InChI is InChI=1S/C24H24N4O3S/c25-22(29)16-31-19-9-6-17(7-10-19)8-11-23(30)27-24-26-20-12-13-28(15-21(20)32-24)14-18-4-2-1-3-5-18/h1-11H,12-16H2,(H2,25,29)(H,26,27,30)/b11-8+. The van der Waals surface area contributed by atoms with Gasteiger partial charge in [0.2, 0.25) is 5.91 Å². The molecule has 164 valence electrons. The lowest BCUT2D eigenvalue weighted by Gasteiger charge is -2.25. The number of ether oxygens (including phenoxy) is 1. The third kappa shape index (κ3) is 6.03. The van der Waals surface area contributed by atoms with Gasteiger partial charge < -0.3 is 10.5 Å². The van der Waals surface area contributed by atoms with Gasteiger partial charge in [-0.15, -0.1) is 11.3 Å². The number of fused-ring (bicyclic) bond motifs is 1. The molecule has 0 spiro atoms. The SMILES string of the molecule is NC(=O)COc1ccc(/C=C/C(=O)Nc2nc3c(s2)CN(Cc2ccccc2)CC3)cc1. The Morgan fingerprint density at radius 1 is 1.16 bits per heavy atom. The minimum Gasteiger partial charge on any atom is -0.484 e. The largest absolute Gasteiger partial charge is 0.484 e. The number of carbonyl (C=O) groups excluding carboxylic acids is 2. The van der Waals surface area contributed by atoms with Gasteiger partial charge in [-0.1, -0.05) is 42.5 Å². The molecule has 3 N–H and O–H groups in total. The minimum absolute atomic E-state index is 0.167. The number of benzene rings is 2. The number of hydrogen-bond donors (Lipinski definition) is 2. The maximum atomic E-state index is 12.3. The van der Waals surface area contributed by atoms with E-state index in [1.54, 1.807) is 30.3 Å². The number of thiazole rings is 1. The predicted octanol–water partition coefficient (Wildman–Crippen LogP) is 3.22. The van der Waals surface area contributed by atoms with Crippen LogP contribution in [-0.2, 0) is 29.1 Å². The van der Waals surface area contributed by atoms with Crippen molar-refractivity contribution in [2.24, 2.45) is 5.73 Å². The highest BCUT2D eigenvalue weighted by Gasteiger charge is 2.21. The van der Waals surface area contributed by atoms with E-state index in [1.165, 1.54) is 27.9 Å². The summed E-state index contributed by atoms with van der Waals surface area (Å²) < 4.78 is 5.22. The van der Waals surface area contributed by atoms with E-state index in [0.29, 0.717) is 10.9 Å². The van der Waals surface area contributed by atoms with Crippen LogP contribution >= 0.6 is 11.3 Å². The van der Waals surface area contributed by atoms with Crippen LogP contribution in [0.2, 0.25) is 0 Å². The highest BCUT2D eigenvalue weighted by atomic mass is 32.1. The lowest BCUT2D eigenvalue weighted by atomic mass is 10.1. The highest BCUT2D eigenvalue weighted by Crippen LogP contribution is 2.29. The zero-order chi connectivity index (χ0) is 22.3. The average molecular weight is 449 g/mol. The molecule has 1 aliphatic rings. The molecule has 32 heavy (non-hydrogen) atoms. The fraction of sp³-hybridized carbons (Fsp3) is 0.208. The molecular weight excluding hydrogens is 424 g/mol. The Morgan fingerprint density at radius 2 is 1.94 bits per heavy atom. The molecule has 1 aromatic heterocycles. The van der Waals surface area contributed by atoms with Crippen LogP contribution in [0.3, 0.4) is 0 Å². The second-order valence-electron chi connectivity index (χ2n) is 7.48. The highest BCUT2D eigenvalue weighted by molar-refractivity contribution is 7.15. The Morgan fingerprint density at radius 3 is 2.69 bits per heavy atom. The number of nitrogens with zero attached hydrogens (tertiary/aromatic N) is 2. The van der Waals surface area contributed by atoms with Crippen LogP contribution in [-0.4, -0.2) is 34.8 Å². The van der Waals surface area contributed by atoms with Gasteiger partial charge in [0, 0.05) is 37.0 Å². The Labute approximate surface area is 190 Å². The molecular formula is C24H24N4O3S. The van der Waals surface area contributed by atoms with E-state index in [9.17, 15) is 9.59 Å². The first-order valence-corrected chi connectivity index (χ1v) is 11.1. The van der Waals surface area contributed by atoms with Gasteiger partial charge in [0.15, 0.2) is 11.7 Å². The number of hydrogen-bond acceptors (Lipinski definition) is 6. The summed E-state index contributed by atoms with van der Waals surface area (Å²) in [5.74, 6) is -0.218. The summed E-state index contributed by atoms with van der Waals surface area (Å²) in [5, 5.41) is 3.49. The number of rotatable bonds is 8. The topological polar surface area (TPSA) is 97.6 Å². The van der Waals surface area contributed by atoms with Gasteiger partial charge in [0.25, 0.3) is 5.91 Å². The third-order valence-corrected chi connectivity index (χ3v) is 5.98. The van der Waals surface area contributed by atoms with Crippen LogP contribution in [0, 0.1) is 0 Å². The summed E-state index contributed by atoms with van der Waals surface area (Å²) in [6.07, 6.45) is 4.07. The van der Waals surface area contributed by atoms with Crippen molar-refractivity contribution < 1.29 is 14.3 Å². The van der Waals surface area contributed by atoms with Crippen molar-refractivity contribution in [1.82, 2.24) is 9.88 Å². The second kappa shape index (κ2) is 10.2. The van der Waals surface area contributed by atoms with Crippen molar-refractivity contribution in [3.8, 4) is 5.75 Å². The third-order valence-electron chi connectivity index (χ3n) is 4.98. The summed E-state index contributed by atoms with van der Waals surface area (Å²) in [6, 6.07) is 17.5. The number of nitrogens with one attached hydrogen (secondary N) is 1. The number of aromatic nitrogens is 1. The lowest BCUT2D eigenvalue weighted by molar-refractivity contribution is -0.120. The predicted molar refractivity (Wildman–Crippen MR) is 125 cm³/mol. The van der Waals surface area contributed by atoms with Gasteiger partial charge in [-0.25, -0.2) is 4.98 Å². The molecule has 0 atom stereocenters. The average Bonchev–Trinajstić information content (AvgIpc) is 3.19. The normalized spacial score (nSPS) is 13.6. The maximum Gasteiger partial charge on any atom is 0.255 e. The summed E-state index contributed by atoms with van der Waals surface area (Å²) in [6.45, 7) is 2.55. The fourth-order valence-corrected chi connectivity index (χ4v) is 4.48. The van der Waals surface area contributed by atoms with Gasteiger partial charge in [0.1, 0.15) is 5.75 Å². The quantitative estimate of drug-likeness (QED) is 0.516. The van der Waals surface area contributed by atoms with Crippen molar-refractivity contribution in [3.05, 3.63) is 82.4 Å². The van der Waals surface area contributed by atoms with E-state index in [2.05, 4.69) is 39.5 Å². The molecule has 0 saturated carbocycles. The molecule has 7 nitrogen and oxygen atoms in total. The molecule has 3 aromatic rings. The van der Waals surface area contributed by atoms with Crippen LogP contribution in [0.15, 0.2) is 60.7 Å². The van der Waals surface area contributed by atoms with E-state index >= 15 is 0 Å². The number of anilines is 1. The molecule has 4 rings (SSSR count). The first-order valence-electron chi connectivity index (χ1n) is 10.3. The van der Waals surface area contributed by atoms with Crippen LogP contribution in [0.5, 0.6) is 5.75 Å². The molecule has 0 bridgehead atoms. The van der Waals surface area contributed by atoms with Crippen molar-refractivity contribution in [1.29, 1.82) is 0 Å². The second-order valence-corrected chi connectivity index (χ2v) is 8.57. The fourth-order valence-electron chi connectivity index (χ4n) is 3.43. The van der Waals surface area contributed by atoms with Crippen LogP contribution in [0.1, 0.15) is 21.7 Å². The molecule has 0 saturated heterocycles. The maximum absolute atomic E-state index is 12.3. The van der Waals surface area contributed by atoms with Crippen LogP contribution < -0.4 is 15.8 Å². The van der Waals surface area contributed by atoms with Gasteiger partial charge in [0.05, 0.1) is 5.69 Å². The van der Waals surface area contributed by atoms with Gasteiger partial charge in [-0.3, -0.25) is 19.8 Å². The van der Waals surface area contributed by atoms with E-state index in [-0.39, 0.29) is 12.5 Å². The lowest BCUT2D eigenvalue weighted by Crippen LogP contribution is -2.29. The molecule has 2 heterocycles.